The van der Waals surface area contributed by atoms with E-state index in [9.17, 15) is 12.8 Å². The van der Waals surface area contributed by atoms with Gasteiger partial charge < -0.3 is 4.90 Å². The fourth-order valence-corrected chi connectivity index (χ4v) is 3.66. The highest BCUT2D eigenvalue weighted by molar-refractivity contribution is 7.89. The molecule has 1 rings (SSSR count). The molecular formula is C14H22ClFN2O2S. The molecule has 0 aliphatic heterocycles. The minimum atomic E-state index is -3.63. The van der Waals surface area contributed by atoms with E-state index in [1.54, 1.807) is 0 Å². The van der Waals surface area contributed by atoms with Gasteiger partial charge in [-0.25, -0.2) is 12.8 Å². The Morgan fingerprint density at radius 2 is 1.86 bits per heavy atom. The molecule has 0 amide bonds. The van der Waals surface area contributed by atoms with Crippen LogP contribution in [0.15, 0.2) is 23.1 Å². The van der Waals surface area contributed by atoms with Gasteiger partial charge in [-0.2, -0.15) is 4.31 Å². The van der Waals surface area contributed by atoms with Gasteiger partial charge in [0.15, 0.2) is 0 Å². The number of nitrogens with zero attached hydrogens (tertiary/aromatic N) is 2. The monoisotopic (exact) mass is 336 g/mol. The zero-order valence-electron chi connectivity index (χ0n) is 12.6. The summed E-state index contributed by atoms with van der Waals surface area (Å²) in [5.41, 5.74) is 0.196. The van der Waals surface area contributed by atoms with Gasteiger partial charge in [0.05, 0.1) is 10.8 Å². The van der Waals surface area contributed by atoms with Gasteiger partial charge in [-0.05, 0) is 38.7 Å². The topological polar surface area (TPSA) is 40.6 Å². The summed E-state index contributed by atoms with van der Waals surface area (Å²) in [7, 11) is 0.151. The number of likely N-dealkylation sites (N-methyl/N-ethyl adjacent to an activating group) is 1. The summed E-state index contributed by atoms with van der Waals surface area (Å²) in [6, 6.07) is 3.76. The molecule has 0 radical (unpaired) electrons. The second kappa shape index (κ2) is 8.08. The van der Waals surface area contributed by atoms with Crippen LogP contribution in [-0.4, -0.2) is 51.4 Å². The van der Waals surface area contributed by atoms with Crippen molar-refractivity contribution in [3.8, 4) is 0 Å². The molecule has 0 heterocycles. The van der Waals surface area contributed by atoms with Crippen LogP contribution in [0, 0.1) is 5.82 Å². The second-order valence-corrected chi connectivity index (χ2v) is 7.30. The van der Waals surface area contributed by atoms with Crippen LogP contribution in [0.5, 0.6) is 0 Å². The molecule has 120 valence electrons. The maximum absolute atomic E-state index is 13.5. The van der Waals surface area contributed by atoms with E-state index in [1.165, 1.54) is 16.4 Å². The predicted octanol–water partition coefficient (Wildman–Crippen LogP) is 2.53. The third-order valence-corrected chi connectivity index (χ3v) is 5.25. The lowest BCUT2D eigenvalue weighted by Gasteiger charge is -2.23. The number of sulfonamides is 1. The van der Waals surface area contributed by atoms with Crippen LogP contribution >= 0.6 is 11.6 Å². The molecule has 0 unspecified atom stereocenters. The highest BCUT2D eigenvalue weighted by Crippen LogP contribution is 2.20. The van der Waals surface area contributed by atoms with Crippen molar-refractivity contribution < 1.29 is 12.8 Å². The van der Waals surface area contributed by atoms with Gasteiger partial charge in [0.25, 0.3) is 0 Å². The first-order chi connectivity index (χ1) is 9.82. The van der Waals surface area contributed by atoms with Crippen LogP contribution in [-0.2, 0) is 15.9 Å². The van der Waals surface area contributed by atoms with Gasteiger partial charge >= 0.3 is 0 Å². The summed E-state index contributed by atoms with van der Waals surface area (Å²) >= 11 is 5.64. The lowest BCUT2D eigenvalue weighted by molar-refractivity contribution is 0.333. The maximum atomic E-state index is 13.5. The molecule has 0 aliphatic rings. The lowest BCUT2D eigenvalue weighted by Crippen LogP contribution is -2.37. The van der Waals surface area contributed by atoms with Crippen molar-refractivity contribution in [2.75, 3.05) is 33.7 Å². The lowest BCUT2D eigenvalue weighted by atomic mass is 10.2. The standard InChI is InChI=1S/C14H22ClFN2O2S/c1-4-7-18(9-8-17(2)3)21(19,20)13-5-6-14(16)12(10-13)11-15/h5-6,10H,4,7-9,11H2,1-3H3. The maximum Gasteiger partial charge on any atom is 0.243 e. The van der Waals surface area contributed by atoms with Crippen molar-refractivity contribution in [3.63, 3.8) is 0 Å². The van der Waals surface area contributed by atoms with Crippen LogP contribution in [0.2, 0.25) is 0 Å². The third kappa shape index (κ3) is 4.92. The highest BCUT2D eigenvalue weighted by atomic mass is 35.5. The Morgan fingerprint density at radius 1 is 1.19 bits per heavy atom. The van der Waals surface area contributed by atoms with E-state index in [-0.39, 0.29) is 16.3 Å². The molecule has 0 spiro atoms. The zero-order chi connectivity index (χ0) is 16.0. The first-order valence-corrected chi connectivity index (χ1v) is 8.79. The van der Waals surface area contributed by atoms with Gasteiger partial charge in [0.1, 0.15) is 5.82 Å². The minimum absolute atomic E-state index is 0.0549. The average Bonchev–Trinajstić information content (AvgIpc) is 2.43. The summed E-state index contributed by atoms with van der Waals surface area (Å²) in [6.45, 7) is 3.39. The normalized spacial score (nSPS) is 12.3. The van der Waals surface area contributed by atoms with Crippen molar-refractivity contribution in [2.24, 2.45) is 0 Å². The van der Waals surface area contributed by atoms with Gasteiger partial charge in [-0.15, -0.1) is 11.6 Å². The fourth-order valence-electron chi connectivity index (χ4n) is 1.88. The van der Waals surface area contributed by atoms with Crippen molar-refractivity contribution in [1.82, 2.24) is 9.21 Å². The van der Waals surface area contributed by atoms with E-state index < -0.39 is 15.8 Å². The molecule has 4 nitrogen and oxygen atoms in total. The van der Waals surface area contributed by atoms with Crippen LogP contribution in [0.4, 0.5) is 4.39 Å². The molecule has 7 heteroatoms. The molecule has 0 bridgehead atoms. The summed E-state index contributed by atoms with van der Waals surface area (Å²) in [5.74, 6) is -0.542. The summed E-state index contributed by atoms with van der Waals surface area (Å²) in [6.07, 6.45) is 0.718. The van der Waals surface area contributed by atoms with Crippen molar-refractivity contribution in [3.05, 3.63) is 29.6 Å². The second-order valence-electron chi connectivity index (χ2n) is 5.09. The number of hydrogen-bond acceptors (Lipinski definition) is 3. The molecule has 0 atom stereocenters. The number of rotatable bonds is 8. The SMILES string of the molecule is CCCN(CCN(C)C)S(=O)(=O)c1ccc(F)c(CCl)c1. The van der Waals surface area contributed by atoms with E-state index >= 15 is 0 Å². The van der Waals surface area contributed by atoms with Crippen LogP contribution in [0.1, 0.15) is 18.9 Å². The Bertz CT molecular complexity index is 564. The predicted molar refractivity (Wildman–Crippen MR) is 83.6 cm³/mol. The number of benzene rings is 1. The molecule has 1 aromatic rings. The Labute approximate surface area is 131 Å². The highest BCUT2D eigenvalue weighted by Gasteiger charge is 2.24. The Balaban J connectivity index is 3.09. The minimum Gasteiger partial charge on any atom is -0.308 e. The van der Waals surface area contributed by atoms with Crippen LogP contribution in [0.3, 0.4) is 0 Å². The van der Waals surface area contributed by atoms with Crippen molar-refractivity contribution in [2.45, 2.75) is 24.1 Å². The molecule has 0 aliphatic carbocycles. The number of hydrogen-bond donors (Lipinski definition) is 0. The van der Waals surface area contributed by atoms with Crippen LogP contribution in [0.25, 0.3) is 0 Å². The Kier molecular flexibility index (Phi) is 7.06. The number of alkyl halides is 1. The average molecular weight is 337 g/mol. The Hall–Kier alpha value is -0.690. The smallest absolute Gasteiger partial charge is 0.243 e. The Morgan fingerprint density at radius 3 is 2.38 bits per heavy atom. The third-order valence-electron chi connectivity index (χ3n) is 3.07. The van der Waals surface area contributed by atoms with E-state index in [0.29, 0.717) is 19.6 Å². The van der Waals surface area contributed by atoms with E-state index in [2.05, 4.69) is 0 Å². The van der Waals surface area contributed by atoms with Gasteiger partial charge in [-0.1, -0.05) is 6.92 Å². The molecule has 1 aromatic carbocycles. The zero-order valence-corrected chi connectivity index (χ0v) is 14.2. The summed E-state index contributed by atoms with van der Waals surface area (Å²) < 4.78 is 40.2. The molecule has 0 fully saturated rings. The molecule has 0 saturated carbocycles. The van der Waals surface area contributed by atoms with E-state index in [4.69, 9.17) is 11.6 Å². The van der Waals surface area contributed by atoms with E-state index in [1.807, 2.05) is 25.9 Å². The van der Waals surface area contributed by atoms with Gasteiger partial charge in [-0.3, -0.25) is 0 Å². The van der Waals surface area contributed by atoms with E-state index in [0.717, 1.165) is 12.5 Å². The fraction of sp³-hybridized carbons (Fsp3) is 0.571. The first kappa shape index (κ1) is 18.4. The molecule has 21 heavy (non-hydrogen) atoms. The van der Waals surface area contributed by atoms with Crippen LogP contribution < -0.4 is 0 Å². The largest absolute Gasteiger partial charge is 0.308 e. The molecular weight excluding hydrogens is 315 g/mol. The molecule has 0 saturated heterocycles. The molecule has 0 aromatic heterocycles. The van der Waals surface area contributed by atoms with Gasteiger partial charge in [0, 0.05) is 25.2 Å². The first-order valence-electron chi connectivity index (χ1n) is 6.82. The summed E-state index contributed by atoms with van der Waals surface area (Å²) in [5, 5.41) is 0. The van der Waals surface area contributed by atoms with Crippen molar-refractivity contribution >= 4 is 21.6 Å². The van der Waals surface area contributed by atoms with Crippen molar-refractivity contribution in [1.29, 1.82) is 0 Å². The summed E-state index contributed by atoms with van der Waals surface area (Å²) in [4.78, 5) is 2.01. The quantitative estimate of drug-likeness (QED) is 0.685. The molecule has 0 N–H and O–H groups in total. The number of halogens is 2. The van der Waals surface area contributed by atoms with Gasteiger partial charge in [0.2, 0.25) is 10.0 Å².